The van der Waals surface area contributed by atoms with Gasteiger partial charge in [0.2, 0.25) is 5.91 Å². The van der Waals surface area contributed by atoms with E-state index in [1.165, 1.54) is 0 Å². The summed E-state index contributed by atoms with van der Waals surface area (Å²) in [5.74, 6) is 5.11. The quantitative estimate of drug-likeness (QED) is 0.668. The van der Waals surface area contributed by atoms with Crippen LogP contribution in [0.3, 0.4) is 0 Å². The number of benzene rings is 1. The molecule has 5 heteroatoms. The second-order valence-corrected chi connectivity index (χ2v) is 4.33. The molecule has 1 N–H and O–H groups in total. The molecule has 0 saturated heterocycles. The summed E-state index contributed by atoms with van der Waals surface area (Å²) < 4.78 is 4.73. The van der Waals surface area contributed by atoms with E-state index in [0.717, 1.165) is 5.56 Å². The molecule has 0 fully saturated rings. The van der Waals surface area contributed by atoms with Crippen molar-refractivity contribution < 1.29 is 14.3 Å². The van der Waals surface area contributed by atoms with E-state index in [0.29, 0.717) is 11.6 Å². The molecule has 0 saturated carbocycles. The Kier molecular flexibility index (Phi) is 7.23. The Morgan fingerprint density at radius 3 is 2.85 bits per heavy atom. The van der Waals surface area contributed by atoms with E-state index in [2.05, 4.69) is 17.2 Å². The summed E-state index contributed by atoms with van der Waals surface area (Å²) in [6.07, 6.45) is 0.194. The number of esters is 1. The number of rotatable bonds is 5. The Morgan fingerprint density at radius 2 is 2.15 bits per heavy atom. The summed E-state index contributed by atoms with van der Waals surface area (Å²) >= 11 is 5.82. The molecular formula is C15H16ClNO3. The Labute approximate surface area is 123 Å². The van der Waals surface area contributed by atoms with E-state index in [1.807, 2.05) is 12.1 Å². The average Bonchev–Trinajstić information content (AvgIpc) is 2.42. The topological polar surface area (TPSA) is 55.4 Å². The summed E-state index contributed by atoms with van der Waals surface area (Å²) in [6, 6.07) is 7.16. The molecule has 106 valence electrons. The zero-order valence-corrected chi connectivity index (χ0v) is 12.0. The highest BCUT2D eigenvalue weighted by atomic mass is 35.5. The van der Waals surface area contributed by atoms with Crippen LogP contribution < -0.4 is 5.32 Å². The standard InChI is InChI=1S/C15H16ClNO3/c1-2-20-15(19)9-8-14(18)17-10-4-6-12-5-3-7-13(16)11-12/h3,5,7,11H,2,8-10H2,1H3,(H,17,18). The number of hydrogen-bond donors (Lipinski definition) is 1. The van der Waals surface area contributed by atoms with Crippen LogP contribution in [0.2, 0.25) is 5.02 Å². The zero-order chi connectivity index (χ0) is 14.8. The molecule has 4 nitrogen and oxygen atoms in total. The van der Waals surface area contributed by atoms with Crippen molar-refractivity contribution >= 4 is 23.5 Å². The van der Waals surface area contributed by atoms with Gasteiger partial charge >= 0.3 is 5.97 Å². The maximum Gasteiger partial charge on any atom is 0.306 e. The van der Waals surface area contributed by atoms with Crippen molar-refractivity contribution in [3.63, 3.8) is 0 Å². The van der Waals surface area contributed by atoms with Crippen LogP contribution in [0.5, 0.6) is 0 Å². The minimum atomic E-state index is -0.368. The summed E-state index contributed by atoms with van der Waals surface area (Å²) in [4.78, 5) is 22.5. The van der Waals surface area contributed by atoms with Gasteiger partial charge in [0.1, 0.15) is 0 Å². The number of carbonyl (C=O) groups excluding carboxylic acids is 2. The minimum absolute atomic E-state index is 0.0847. The van der Waals surface area contributed by atoms with Crippen molar-refractivity contribution in [2.45, 2.75) is 19.8 Å². The van der Waals surface area contributed by atoms with Gasteiger partial charge in [0.15, 0.2) is 0 Å². The van der Waals surface area contributed by atoms with Gasteiger partial charge in [-0.25, -0.2) is 0 Å². The fraction of sp³-hybridized carbons (Fsp3) is 0.333. The van der Waals surface area contributed by atoms with Crippen molar-refractivity contribution in [2.75, 3.05) is 13.2 Å². The molecule has 20 heavy (non-hydrogen) atoms. The van der Waals surface area contributed by atoms with E-state index in [9.17, 15) is 9.59 Å². The van der Waals surface area contributed by atoms with Gasteiger partial charge in [-0.15, -0.1) is 0 Å². The molecule has 0 aliphatic heterocycles. The van der Waals surface area contributed by atoms with Gasteiger partial charge in [-0.2, -0.15) is 0 Å². The van der Waals surface area contributed by atoms with Crippen LogP contribution in [0.4, 0.5) is 0 Å². The van der Waals surface area contributed by atoms with Crippen LogP contribution in [0.25, 0.3) is 0 Å². The predicted molar refractivity (Wildman–Crippen MR) is 77.2 cm³/mol. The van der Waals surface area contributed by atoms with Crippen molar-refractivity contribution in [3.05, 3.63) is 34.9 Å². The van der Waals surface area contributed by atoms with Crippen LogP contribution in [-0.2, 0) is 14.3 Å². The minimum Gasteiger partial charge on any atom is -0.466 e. The third kappa shape index (κ3) is 6.81. The Bertz CT molecular complexity index is 531. The normalized spacial score (nSPS) is 9.30. The summed E-state index contributed by atoms with van der Waals surface area (Å²) in [5.41, 5.74) is 0.790. The van der Waals surface area contributed by atoms with Gasteiger partial charge in [0, 0.05) is 17.0 Å². The Balaban J connectivity index is 2.27. The summed E-state index contributed by atoms with van der Waals surface area (Å²) in [7, 11) is 0. The number of hydrogen-bond acceptors (Lipinski definition) is 3. The third-order valence-corrected chi connectivity index (χ3v) is 2.53. The lowest BCUT2D eigenvalue weighted by molar-refractivity contribution is -0.144. The maximum absolute atomic E-state index is 11.4. The van der Waals surface area contributed by atoms with Crippen LogP contribution >= 0.6 is 11.6 Å². The van der Waals surface area contributed by atoms with Crippen molar-refractivity contribution in [1.29, 1.82) is 0 Å². The number of amides is 1. The molecule has 1 aromatic carbocycles. The van der Waals surface area contributed by atoms with Gasteiger partial charge < -0.3 is 10.1 Å². The lowest BCUT2D eigenvalue weighted by Gasteiger charge is -2.01. The first kappa shape index (κ1) is 16.1. The van der Waals surface area contributed by atoms with Crippen LogP contribution in [0.1, 0.15) is 25.3 Å². The molecule has 1 aromatic rings. The number of ether oxygens (including phenoxy) is 1. The Hall–Kier alpha value is -1.99. The average molecular weight is 294 g/mol. The van der Waals surface area contributed by atoms with Crippen molar-refractivity contribution in [1.82, 2.24) is 5.32 Å². The molecule has 0 aliphatic carbocycles. The number of halogens is 1. The highest BCUT2D eigenvalue weighted by Crippen LogP contribution is 2.09. The van der Waals surface area contributed by atoms with E-state index < -0.39 is 0 Å². The smallest absolute Gasteiger partial charge is 0.306 e. The van der Waals surface area contributed by atoms with Gasteiger partial charge in [0.05, 0.1) is 19.6 Å². The first-order valence-corrected chi connectivity index (χ1v) is 6.66. The molecule has 0 unspecified atom stereocenters. The summed E-state index contributed by atoms with van der Waals surface area (Å²) in [6.45, 7) is 2.28. The molecule has 0 atom stereocenters. The second kappa shape index (κ2) is 9.00. The molecule has 0 spiro atoms. The van der Waals surface area contributed by atoms with Crippen LogP contribution in [0.15, 0.2) is 24.3 Å². The van der Waals surface area contributed by atoms with Gasteiger partial charge in [-0.05, 0) is 25.1 Å². The molecule has 1 amide bonds. The second-order valence-electron chi connectivity index (χ2n) is 3.89. The molecule has 0 aliphatic rings. The molecule has 1 rings (SSSR count). The highest BCUT2D eigenvalue weighted by molar-refractivity contribution is 6.30. The van der Waals surface area contributed by atoms with Crippen LogP contribution in [-0.4, -0.2) is 25.0 Å². The molecule has 0 aromatic heterocycles. The van der Waals surface area contributed by atoms with Crippen LogP contribution in [0, 0.1) is 11.8 Å². The Morgan fingerprint density at radius 1 is 1.35 bits per heavy atom. The monoisotopic (exact) mass is 293 g/mol. The number of nitrogens with one attached hydrogen (secondary N) is 1. The lowest BCUT2D eigenvalue weighted by atomic mass is 10.2. The highest BCUT2D eigenvalue weighted by Gasteiger charge is 2.05. The lowest BCUT2D eigenvalue weighted by Crippen LogP contribution is -2.24. The van der Waals surface area contributed by atoms with E-state index in [1.54, 1.807) is 19.1 Å². The fourth-order valence-electron chi connectivity index (χ4n) is 1.39. The third-order valence-electron chi connectivity index (χ3n) is 2.29. The van der Waals surface area contributed by atoms with E-state index >= 15 is 0 Å². The SMILES string of the molecule is CCOC(=O)CCC(=O)NCC#Cc1cccc(Cl)c1. The van der Waals surface area contributed by atoms with E-state index in [-0.39, 0.29) is 31.3 Å². The predicted octanol–water partition coefficient (Wildman–Crippen LogP) is 2.15. The molecular weight excluding hydrogens is 278 g/mol. The molecule has 0 radical (unpaired) electrons. The fourth-order valence-corrected chi connectivity index (χ4v) is 1.58. The molecule has 0 heterocycles. The maximum atomic E-state index is 11.4. The van der Waals surface area contributed by atoms with E-state index in [4.69, 9.17) is 16.3 Å². The van der Waals surface area contributed by atoms with Gasteiger partial charge in [-0.3, -0.25) is 9.59 Å². The van der Waals surface area contributed by atoms with Gasteiger partial charge in [0.25, 0.3) is 0 Å². The van der Waals surface area contributed by atoms with Gasteiger partial charge in [-0.1, -0.05) is 29.5 Å². The summed E-state index contributed by atoms with van der Waals surface area (Å²) in [5, 5.41) is 3.23. The first-order chi connectivity index (χ1) is 9.61. The largest absolute Gasteiger partial charge is 0.466 e. The zero-order valence-electron chi connectivity index (χ0n) is 11.2. The first-order valence-electron chi connectivity index (χ1n) is 6.28. The number of carbonyl (C=O) groups is 2. The van der Waals surface area contributed by atoms with Crippen molar-refractivity contribution in [2.24, 2.45) is 0 Å². The van der Waals surface area contributed by atoms with Crippen molar-refractivity contribution in [3.8, 4) is 11.8 Å². The molecule has 0 bridgehead atoms.